The van der Waals surface area contributed by atoms with Crippen LogP contribution >= 0.6 is 0 Å². The van der Waals surface area contributed by atoms with Gasteiger partial charge in [0.2, 0.25) is 5.91 Å². The van der Waals surface area contributed by atoms with E-state index in [1.54, 1.807) is 24.3 Å². The van der Waals surface area contributed by atoms with Crippen LogP contribution in [0.4, 0.5) is 5.69 Å². The summed E-state index contributed by atoms with van der Waals surface area (Å²) in [6, 6.07) is 12.1. The molecule has 1 aliphatic heterocycles. The van der Waals surface area contributed by atoms with Gasteiger partial charge in [-0.1, -0.05) is 58.2 Å². The third-order valence-corrected chi connectivity index (χ3v) is 6.38. The number of unbranched alkanes of at least 4 members (excludes halogenated alkanes) is 2. The number of hydrogen-bond donors (Lipinski definition) is 1. The summed E-state index contributed by atoms with van der Waals surface area (Å²) in [5, 5.41) is 9.01. The van der Waals surface area contributed by atoms with Gasteiger partial charge in [0, 0.05) is 29.1 Å². The van der Waals surface area contributed by atoms with Crippen molar-refractivity contribution in [2.75, 3.05) is 4.90 Å². The van der Waals surface area contributed by atoms with Crippen molar-refractivity contribution in [3.8, 4) is 0 Å². The average Bonchev–Trinajstić information content (AvgIpc) is 2.77. The van der Waals surface area contributed by atoms with Crippen molar-refractivity contribution in [3.63, 3.8) is 0 Å². The molecule has 0 saturated heterocycles. The SMILES string of the molecule is CCCCCC(C)N1C(=O)CC(C)(C)c2cc(C(=O)/C=C/c3ccc(C(=O)O)cc3)ccc21. The minimum Gasteiger partial charge on any atom is -0.478 e. The van der Waals surface area contributed by atoms with Crippen molar-refractivity contribution >= 4 is 29.4 Å². The van der Waals surface area contributed by atoms with Crippen LogP contribution in [0.25, 0.3) is 6.08 Å². The van der Waals surface area contributed by atoms with Gasteiger partial charge in [0.1, 0.15) is 0 Å². The van der Waals surface area contributed by atoms with E-state index in [2.05, 4.69) is 27.7 Å². The Kier molecular flexibility index (Phi) is 7.52. The summed E-state index contributed by atoms with van der Waals surface area (Å²) >= 11 is 0. The predicted molar refractivity (Wildman–Crippen MR) is 132 cm³/mol. The summed E-state index contributed by atoms with van der Waals surface area (Å²) in [5.41, 5.74) is 3.12. The molecular formula is C28H33NO4. The first-order chi connectivity index (χ1) is 15.6. The Morgan fingerprint density at radius 3 is 2.39 bits per heavy atom. The molecular weight excluding hydrogens is 414 g/mol. The van der Waals surface area contributed by atoms with Gasteiger partial charge in [-0.2, -0.15) is 0 Å². The number of anilines is 1. The Bertz CT molecular complexity index is 1070. The van der Waals surface area contributed by atoms with Crippen LogP contribution in [-0.4, -0.2) is 28.8 Å². The number of benzene rings is 2. The fourth-order valence-corrected chi connectivity index (χ4v) is 4.44. The molecule has 33 heavy (non-hydrogen) atoms. The molecule has 1 atom stereocenters. The number of nitrogens with zero attached hydrogens (tertiary/aromatic N) is 1. The summed E-state index contributed by atoms with van der Waals surface area (Å²) in [7, 11) is 0. The van der Waals surface area contributed by atoms with Crippen LogP contribution in [0.2, 0.25) is 0 Å². The van der Waals surface area contributed by atoms with Gasteiger partial charge in [-0.25, -0.2) is 4.79 Å². The van der Waals surface area contributed by atoms with Crippen LogP contribution in [0.3, 0.4) is 0 Å². The summed E-state index contributed by atoms with van der Waals surface area (Å²) in [4.78, 5) is 38.8. The molecule has 1 unspecified atom stereocenters. The zero-order valence-electron chi connectivity index (χ0n) is 19.9. The van der Waals surface area contributed by atoms with Gasteiger partial charge in [-0.15, -0.1) is 0 Å². The average molecular weight is 448 g/mol. The standard InChI is InChI=1S/C28H33NO4/c1-5-6-7-8-19(2)29-24-15-14-22(17-23(24)28(3,4)18-26(29)31)25(30)16-11-20-9-12-21(13-10-20)27(32)33/h9-17,19H,5-8,18H2,1-4H3,(H,32,33)/b16-11+. The second-order valence-corrected chi connectivity index (χ2v) is 9.53. The third kappa shape index (κ3) is 5.59. The predicted octanol–water partition coefficient (Wildman–Crippen LogP) is 6.26. The quantitative estimate of drug-likeness (QED) is 0.279. The van der Waals surface area contributed by atoms with Gasteiger partial charge in [-0.05, 0) is 60.9 Å². The Balaban J connectivity index is 1.85. The number of allylic oxidation sites excluding steroid dienone is 1. The van der Waals surface area contributed by atoms with E-state index >= 15 is 0 Å². The molecule has 1 amide bonds. The van der Waals surface area contributed by atoms with Crippen molar-refractivity contribution in [1.82, 2.24) is 0 Å². The number of carbonyl (C=O) groups is 3. The van der Waals surface area contributed by atoms with Crippen molar-refractivity contribution < 1.29 is 19.5 Å². The molecule has 5 heteroatoms. The lowest BCUT2D eigenvalue weighted by molar-refractivity contribution is -0.120. The van der Waals surface area contributed by atoms with Gasteiger partial charge >= 0.3 is 5.97 Å². The molecule has 0 fully saturated rings. The maximum atomic E-state index is 13.0. The first-order valence-corrected chi connectivity index (χ1v) is 11.7. The molecule has 0 radical (unpaired) electrons. The highest BCUT2D eigenvalue weighted by atomic mass is 16.4. The Labute approximate surface area is 196 Å². The Hall–Kier alpha value is -3.21. The van der Waals surface area contributed by atoms with Crippen LogP contribution in [0, 0.1) is 0 Å². The van der Waals surface area contributed by atoms with Gasteiger partial charge in [0.25, 0.3) is 0 Å². The van der Waals surface area contributed by atoms with Crippen molar-refractivity contribution in [2.24, 2.45) is 0 Å². The highest BCUT2D eigenvalue weighted by Gasteiger charge is 2.38. The molecule has 0 aliphatic carbocycles. The van der Waals surface area contributed by atoms with Gasteiger partial charge in [0.15, 0.2) is 5.78 Å². The van der Waals surface area contributed by atoms with Crippen molar-refractivity contribution in [1.29, 1.82) is 0 Å². The van der Waals surface area contributed by atoms with Crippen LogP contribution in [0.15, 0.2) is 48.5 Å². The van der Waals surface area contributed by atoms with Crippen LogP contribution < -0.4 is 4.90 Å². The lowest BCUT2D eigenvalue weighted by Crippen LogP contribution is -2.46. The van der Waals surface area contributed by atoms with E-state index in [0.717, 1.165) is 42.5 Å². The van der Waals surface area contributed by atoms with E-state index in [1.807, 2.05) is 17.0 Å². The Morgan fingerprint density at radius 1 is 1.09 bits per heavy atom. The number of carbonyl (C=O) groups excluding carboxylic acids is 2. The summed E-state index contributed by atoms with van der Waals surface area (Å²) in [5.74, 6) is -0.971. The minimum atomic E-state index is -0.981. The lowest BCUT2D eigenvalue weighted by atomic mass is 9.76. The maximum Gasteiger partial charge on any atom is 0.335 e. The minimum absolute atomic E-state index is 0.120. The Morgan fingerprint density at radius 2 is 1.76 bits per heavy atom. The first-order valence-electron chi connectivity index (χ1n) is 11.7. The van der Waals surface area contributed by atoms with E-state index in [4.69, 9.17) is 5.11 Å². The second-order valence-electron chi connectivity index (χ2n) is 9.53. The van der Waals surface area contributed by atoms with Crippen molar-refractivity contribution in [3.05, 3.63) is 70.8 Å². The van der Waals surface area contributed by atoms with E-state index in [0.29, 0.717) is 12.0 Å². The van der Waals surface area contributed by atoms with Crippen LogP contribution in [-0.2, 0) is 10.2 Å². The van der Waals surface area contributed by atoms with Crippen molar-refractivity contribution in [2.45, 2.75) is 71.3 Å². The fourth-order valence-electron chi connectivity index (χ4n) is 4.44. The zero-order valence-corrected chi connectivity index (χ0v) is 19.9. The normalized spacial score (nSPS) is 16.0. The first kappa shape index (κ1) is 24.4. The van der Waals surface area contributed by atoms with E-state index in [9.17, 15) is 14.4 Å². The third-order valence-electron chi connectivity index (χ3n) is 6.38. The number of rotatable bonds is 9. The smallest absolute Gasteiger partial charge is 0.335 e. The molecule has 1 N–H and O–H groups in total. The highest BCUT2D eigenvalue weighted by molar-refractivity contribution is 6.08. The lowest BCUT2D eigenvalue weighted by Gasteiger charge is -2.41. The second kappa shape index (κ2) is 10.2. The fraction of sp³-hybridized carbons (Fsp3) is 0.393. The molecule has 1 heterocycles. The number of ketones is 1. The molecule has 5 nitrogen and oxygen atoms in total. The number of carboxylic acids is 1. The topological polar surface area (TPSA) is 74.7 Å². The van der Waals surface area contributed by atoms with E-state index in [1.165, 1.54) is 18.2 Å². The molecule has 0 saturated carbocycles. The molecule has 3 rings (SSSR count). The molecule has 0 spiro atoms. The summed E-state index contributed by atoms with van der Waals surface area (Å²) < 4.78 is 0. The van der Waals surface area contributed by atoms with Crippen LogP contribution in [0.5, 0.6) is 0 Å². The largest absolute Gasteiger partial charge is 0.478 e. The summed E-state index contributed by atoms with van der Waals surface area (Å²) in [6.07, 6.45) is 7.96. The van der Waals surface area contributed by atoms with Gasteiger partial charge in [0.05, 0.1) is 5.56 Å². The molecule has 1 aliphatic rings. The van der Waals surface area contributed by atoms with Gasteiger partial charge < -0.3 is 10.0 Å². The molecule has 2 aromatic rings. The highest BCUT2D eigenvalue weighted by Crippen LogP contribution is 2.42. The van der Waals surface area contributed by atoms with Crippen LogP contribution in [0.1, 0.15) is 91.6 Å². The molecule has 174 valence electrons. The maximum absolute atomic E-state index is 13.0. The number of hydrogen-bond acceptors (Lipinski definition) is 3. The van der Waals surface area contributed by atoms with E-state index in [-0.39, 0.29) is 28.7 Å². The van der Waals surface area contributed by atoms with E-state index < -0.39 is 5.97 Å². The monoisotopic (exact) mass is 447 g/mol. The molecule has 2 aromatic carbocycles. The summed E-state index contributed by atoms with van der Waals surface area (Å²) in [6.45, 7) is 8.38. The number of aromatic carboxylic acids is 1. The number of carboxylic acid groups (broad SMARTS) is 1. The molecule has 0 bridgehead atoms. The zero-order chi connectivity index (χ0) is 24.2. The molecule has 0 aromatic heterocycles. The van der Waals surface area contributed by atoms with Gasteiger partial charge in [-0.3, -0.25) is 9.59 Å². The number of fused-ring (bicyclic) bond motifs is 1. The number of amides is 1.